The number of hydrogen-bond donors (Lipinski definition) is 0. The van der Waals surface area contributed by atoms with Crippen LogP contribution in [0.5, 0.6) is 5.75 Å². The Kier molecular flexibility index (Phi) is 4.12. The van der Waals surface area contributed by atoms with E-state index in [1.807, 2.05) is 31.2 Å². The summed E-state index contributed by atoms with van der Waals surface area (Å²) in [5.41, 5.74) is 1.21. The van der Waals surface area contributed by atoms with E-state index in [9.17, 15) is 4.55 Å². The molecule has 0 saturated heterocycles. The molecule has 2 nitrogen and oxygen atoms in total. The van der Waals surface area contributed by atoms with E-state index in [1.54, 1.807) is 6.26 Å². The van der Waals surface area contributed by atoms with E-state index >= 15 is 0 Å². The van der Waals surface area contributed by atoms with E-state index in [-0.39, 0.29) is 0 Å². The van der Waals surface area contributed by atoms with Gasteiger partial charge in [0.1, 0.15) is 18.1 Å². The molecule has 72 valence electrons. The van der Waals surface area contributed by atoms with Crippen molar-refractivity contribution in [2.75, 3.05) is 18.6 Å². The second-order valence-corrected chi connectivity index (χ2v) is 4.49. The topological polar surface area (TPSA) is 32.3 Å². The minimum absolute atomic E-state index is 0.520. The van der Waals surface area contributed by atoms with Crippen LogP contribution in [0.3, 0.4) is 0 Å². The fourth-order valence-electron chi connectivity index (χ4n) is 0.911. The molecule has 0 bridgehead atoms. The molecule has 0 fully saturated rings. The zero-order valence-electron chi connectivity index (χ0n) is 7.95. The summed E-state index contributed by atoms with van der Waals surface area (Å²) in [7, 11) is 0. The van der Waals surface area contributed by atoms with Crippen LogP contribution in [-0.4, -0.2) is 23.2 Å². The van der Waals surface area contributed by atoms with Crippen molar-refractivity contribution in [1.29, 1.82) is 0 Å². The van der Waals surface area contributed by atoms with Crippen LogP contribution in [0.2, 0.25) is 0 Å². The van der Waals surface area contributed by atoms with Gasteiger partial charge in [0.15, 0.2) is 0 Å². The summed E-state index contributed by atoms with van der Waals surface area (Å²) in [5, 5.41) is 0. The third-order valence-corrected chi connectivity index (χ3v) is 2.40. The van der Waals surface area contributed by atoms with Crippen molar-refractivity contribution in [1.82, 2.24) is 0 Å². The van der Waals surface area contributed by atoms with E-state index in [4.69, 9.17) is 4.74 Å². The van der Waals surface area contributed by atoms with Crippen molar-refractivity contribution in [3.8, 4) is 5.75 Å². The van der Waals surface area contributed by atoms with Crippen molar-refractivity contribution in [2.45, 2.75) is 6.92 Å². The molecule has 1 rings (SSSR count). The third-order valence-electron chi connectivity index (χ3n) is 1.66. The lowest BCUT2D eigenvalue weighted by Crippen LogP contribution is -2.11. The van der Waals surface area contributed by atoms with E-state index in [0.717, 1.165) is 5.75 Å². The Bertz CT molecular complexity index is 244. The fourth-order valence-corrected chi connectivity index (χ4v) is 1.23. The molecule has 0 aromatic heterocycles. The van der Waals surface area contributed by atoms with E-state index in [2.05, 4.69) is 0 Å². The summed E-state index contributed by atoms with van der Waals surface area (Å²) >= 11 is -0.769. The summed E-state index contributed by atoms with van der Waals surface area (Å²) < 4.78 is 16.1. The highest BCUT2D eigenvalue weighted by atomic mass is 32.2. The molecule has 13 heavy (non-hydrogen) atoms. The van der Waals surface area contributed by atoms with Gasteiger partial charge in [0.2, 0.25) is 0 Å². The Hall–Kier alpha value is -0.670. The molecular formula is C10H14O2S. The molecule has 3 heteroatoms. The number of aryl methyl sites for hydroxylation is 1. The van der Waals surface area contributed by atoms with Gasteiger partial charge in [0, 0.05) is 0 Å². The first-order valence-electron chi connectivity index (χ1n) is 4.18. The standard InChI is InChI=1S/C10H14O2S/c1-9-3-5-10(6-4-9)12-7-8-13(2)11/h3-6H,7-8H2,1-2H3. The third kappa shape index (κ3) is 4.20. The molecule has 0 aliphatic heterocycles. The number of hydrogen-bond acceptors (Lipinski definition) is 2. The average molecular weight is 198 g/mol. The van der Waals surface area contributed by atoms with E-state index in [0.29, 0.717) is 12.4 Å². The zero-order chi connectivity index (χ0) is 9.68. The molecule has 1 atom stereocenters. The smallest absolute Gasteiger partial charge is 0.139 e. The van der Waals surface area contributed by atoms with E-state index < -0.39 is 11.2 Å². The SMILES string of the molecule is Cc1ccc(OCC[S+](C)[O-])cc1. The number of ether oxygens (including phenoxy) is 1. The van der Waals surface area contributed by atoms with Gasteiger partial charge in [0.05, 0.1) is 6.26 Å². The van der Waals surface area contributed by atoms with Gasteiger partial charge in [-0.05, 0) is 19.1 Å². The first kappa shape index (κ1) is 10.4. The van der Waals surface area contributed by atoms with Crippen molar-refractivity contribution in [3.63, 3.8) is 0 Å². The normalized spacial score (nSPS) is 12.5. The molecule has 0 spiro atoms. The lowest BCUT2D eigenvalue weighted by atomic mass is 10.2. The van der Waals surface area contributed by atoms with Crippen molar-refractivity contribution in [3.05, 3.63) is 29.8 Å². The maximum Gasteiger partial charge on any atom is 0.139 e. The Morgan fingerprint density at radius 3 is 2.46 bits per heavy atom. The largest absolute Gasteiger partial charge is 0.616 e. The molecule has 0 aliphatic rings. The second-order valence-electron chi connectivity index (χ2n) is 2.94. The van der Waals surface area contributed by atoms with Gasteiger partial charge in [-0.3, -0.25) is 0 Å². The molecular weight excluding hydrogens is 184 g/mol. The van der Waals surface area contributed by atoms with Gasteiger partial charge in [-0.1, -0.05) is 28.9 Å². The second kappa shape index (κ2) is 5.14. The maximum absolute atomic E-state index is 10.7. The van der Waals surface area contributed by atoms with Crippen molar-refractivity contribution < 1.29 is 9.29 Å². The minimum Gasteiger partial charge on any atom is -0.616 e. The summed E-state index contributed by atoms with van der Waals surface area (Å²) in [5.74, 6) is 1.43. The Morgan fingerprint density at radius 1 is 1.31 bits per heavy atom. The molecule has 0 heterocycles. The lowest BCUT2D eigenvalue weighted by Gasteiger charge is -2.07. The molecule has 1 aromatic carbocycles. The fraction of sp³-hybridized carbons (Fsp3) is 0.400. The van der Waals surface area contributed by atoms with Crippen molar-refractivity contribution in [2.24, 2.45) is 0 Å². The predicted octanol–water partition coefficient (Wildman–Crippen LogP) is 1.75. The van der Waals surface area contributed by atoms with Crippen LogP contribution in [-0.2, 0) is 11.2 Å². The van der Waals surface area contributed by atoms with Crippen LogP contribution in [0.4, 0.5) is 0 Å². The van der Waals surface area contributed by atoms with Gasteiger partial charge in [0.25, 0.3) is 0 Å². The highest BCUT2D eigenvalue weighted by molar-refractivity contribution is 7.90. The Labute approximate surface area is 82.1 Å². The van der Waals surface area contributed by atoms with Crippen LogP contribution in [0, 0.1) is 6.92 Å². The zero-order valence-corrected chi connectivity index (χ0v) is 8.76. The first-order valence-corrected chi connectivity index (χ1v) is 5.90. The molecule has 0 amide bonds. The number of benzene rings is 1. The van der Waals surface area contributed by atoms with Crippen molar-refractivity contribution >= 4 is 11.2 Å². The monoisotopic (exact) mass is 198 g/mol. The van der Waals surface area contributed by atoms with Crippen LogP contribution < -0.4 is 4.74 Å². The Balaban J connectivity index is 2.33. The average Bonchev–Trinajstić information content (AvgIpc) is 2.08. The summed E-state index contributed by atoms with van der Waals surface area (Å²) in [6.45, 7) is 2.55. The Morgan fingerprint density at radius 2 is 1.92 bits per heavy atom. The molecule has 1 unspecified atom stereocenters. The molecule has 0 saturated carbocycles. The summed E-state index contributed by atoms with van der Waals surface area (Å²) in [4.78, 5) is 0. The van der Waals surface area contributed by atoms with E-state index in [1.165, 1.54) is 5.56 Å². The summed E-state index contributed by atoms with van der Waals surface area (Å²) in [6, 6.07) is 7.85. The molecule has 1 aromatic rings. The molecule has 0 aliphatic carbocycles. The van der Waals surface area contributed by atoms with Gasteiger partial charge in [-0.15, -0.1) is 0 Å². The van der Waals surface area contributed by atoms with Crippen LogP contribution in [0.15, 0.2) is 24.3 Å². The number of rotatable bonds is 4. The summed E-state index contributed by atoms with van der Waals surface area (Å²) in [6.07, 6.45) is 1.68. The van der Waals surface area contributed by atoms with Crippen LogP contribution in [0.25, 0.3) is 0 Å². The van der Waals surface area contributed by atoms with Gasteiger partial charge < -0.3 is 9.29 Å². The minimum atomic E-state index is -0.769. The predicted molar refractivity (Wildman–Crippen MR) is 55.6 cm³/mol. The molecule has 0 N–H and O–H groups in total. The molecule has 0 radical (unpaired) electrons. The highest BCUT2D eigenvalue weighted by Crippen LogP contribution is 2.10. The van der Waals surface area contributed by atoms with Gasteiger partial charge in [-0.25, -0.2) is 0 Å². The quantitative estimate of drug-likeness (QED) is 0.690. The van der Waals surface area contributed by atoms with Gasteiger partial charge in [-0.2, -0.15) is 0 Å². The van der Waals surface area contributed by atoms with Gasteiger partial charge >= 0.3 is 0 Å². The lowest BCUT2D eigenvalue weighted by molar-refractivity contribution is 0.341. The highest BCUT2D eigenvalue weighted by Gasteiger charge is 1.97. The van der Waals surface area contributed by atoms with Crippen LogP contribution in [0.1, 0.15) is 5.56 Å². The maximum atomic E-state index is 10.7. The van der Waals surface area contributed by atoms with Crippen LogP contribution >= 0.6 is 0 Å². The first-order chi connectivity index (χ1) is 6.18.